The van der Waals surface area contributed by atoms with Crippen LogP contribution in [-0.2, 0) is 11.0 Å². The van der Waals surface area contributed by atoms with Crippen LogP contribution >= 0.6 is 11.6 Å². The van der Waals surface area contributed by atoms with Crippen LogP contribution < -0.4 is 5.32 Å². The minimum absolute atomic E-state index is 0.00555. The molecule has 2 amide bonds. The van der Waals surface area contributed by atoms with Gasteiger partial charge in [0.15, 0.2) is 0 Å². The summed E-state index contributed by atoms with van der Waals surface area (Å²) in [6.07, 6.45) is -2.79. The van der Waals surface area contributed by atoms with Gasteiger partial charge in [0.05, 0.1) is 16.1 Å². The lowest BCUT2D eigenvalue weighted by atomic mass is 9.77. The highest BCUT2D eigenvalue weighted by molar-refractivity contribution is 6.33. The van der Waals surface area contributed by atoms with E-state index in [9.17, 15) is 22.8 Å². The summed E-state index contributed by atoms with van der Waals surface area (Å²) in [5, 5.41) is 2.81. The van der Waals surface area contributed by atoms with Crippen LogP contribution in [0, 0.1) is 5.41 Å². The number of piperidine rings is 1. The Morgan fingerprint density at radius 3 is 2.46 bits per heavy atom. The maximum absolute atomic E-state index is 12.8. The number of benzene rings is 1. The van der Waals surface area contributed by atoms with Crippen LogP contribution in [0.3, 0.4) is 0 Å². The van der Waals surface area contributed by atoms with Gasteiger partial charge in [-0.25, -0.2) is 0 Å². The molecule has 0 aromatic heterocycles. The van der Waals surface area contributed by atoms with E-state index in [4.69, 9.17) is 11.6 Å². The molecule has 2 fully saturated rings. The molecule has 2 heterocycles. The predicted molar refractivity (Wildman–Crippen MR) is 81.7 cm³/mol. The number of rotatable bonds is 1. The molecule has 8 heteroatoms. The van der Waals surface area contributed by atoms with E-state index >= 15 is 0 Å². The van der Waals surface area contributed by atoms with Crippen molar-refractivity contribution in [2.75, 3.05) is 19.6 Å². The third-order valence-corrected chi connectivity index (χ3v) is 5.16. The number of carbonyl (C=O) groups excluding carboxylic acids is 2. The van der Waals surface area contributed by atoms with Gasteiger partial charge < -0.3 is 10.2 Å². The summed E-state index contributed by atoms with van der Waals surface area (Å²) in [5.41, 5.74) is -1.16. The topological polar surface area (TPSA) is 49.4 Å². The highest BCUT2D eigenvalue weighted by Crippen LogP contribution is 2.38. The number of nitrogens with zero attached hydrogens (tertiary/aromatic N) is 1. The van der Waals surface area contributed by atoms with Crippen LogP contribution in [0.1, 0.15) is 35.2 Å². The largest absolute Gasteiger partial charge is 0.416 e. The Morgan fingerprint density at radius 1 is 1.25 bits per heavy atom. The van der Waals surface area contributed by atoms with Crippen molar-refractivity contribution in [3.05, 3.63) is 34.3 Å². The van der Waals surface area contributed by atoms with Gasteiger partial charge in [0.25, 0.3) is 5.91 Å². The molecule has 0 aliphatic carbocycles. The Labute approximate surface area is 142 Å². The lowest BCUT2D eigenvalue weighted by Gasteiger charge is -2.38. The summed E-state index contributed by atoms with van der Waals surface area (Å²) in [4.78, 5) is 25.5. The van der Waals surface area contributed by atoms with Crippen molar-refractivity contribution in [1.29, 1.82) is 0 Å². The molecule has 130 valence electrons. The molecule has 3 rings (SSSR count). The molecule has 2 aliphatic rings. The third kappa shape index (κ3) is 3.22. The van der Waals surface area contributed by atoms with Crippen LogP contribution in [0.5, 0.6) is 0 Å². The number of alkyl halides is 3. The Morgan fingerprint density at radius 2 is 1.92 bits per heavy atom. The smallest absolute Gasteiger partial charge is 0.356 e. The molecule has 1 N–H and O–H groups in total. The first-order valence-corrected chi connectivity index (χ1v) is 8.01. The van der Waals surface area contributed by atoms with E-state index in [0.717, 1.165) is 18.2 Å². The second kappa shape index (κ2) is 5.95. The number of hydrogen-bond acceptors (Lipinski definition) is 2. The summed E-state index contributed by atoms with van der Waals surface area (Å²) in [6, 6.07) is 2.76. The Kier molecular flexibility index (Phi) is 4.23. The highest BCUT2D eigenvalue weighted by atomic mass is 35.5. The van der Waals surface area contributed by atoms with Gasteiger partial charge in [-0.3, -0.25) is 9.59 Å². The number of halogens is 4. The number of hydrogen-bond donors (Lipinski definition) is 1. The lowest BCUT2D eigenvalue weighted by Crippen LogP contribution is -2.44. The highest BCUT2D eigenvalue weighted by Gasteiger charge is 2.42. The van der Waals surface area contributed by atoms with E-state index in [1.54, 1.807) is 0 Å². The minimum atomic E-state index is -4.53. The first-order chi connectivity index (χ1) is 11.2. The molecule has 24 heavy (non-hydrogen) atoms. The predicted octanol–water partition coefficient (Wildman–Crippen LogP) is 3.10. The average Bonchev–Trinajstić information content (AvgIpc) is 2.87. The van der Waals surface area contributed by atoms with E-state index in [1.807, 2.05) is 0 Å². The maximum Gasteiger partial charge on any atom is 0.416 e. The third-order valence-electron chi connectivity index (χ3n) is 4.83. The lowest BCUT2D eigenvalue weighted by molar-refractivity contribution is -0.137. The molecule has 2 saturated heterocycles. The molecule has 2 aliphatic heterocycles. The molecular weight excluding hydrogens is 345 g/mol. The Hall–Kier alpha value is -1.76. The van der Waals surface area contributed by atoms with E-state index in [0.29, 0.717) is 38.9 Å². The summed E-state index contributed by atoms with van der Waals surface area (Å²) in [6.45, 7) is 1.40. The second-order valence-electron chi connectivity index (χ2n) is 6.44. The fourth-order valence-corrected chi connectivity index (χ4v) is 3.52. The van der Waals surface area contributed by atoms with Crippen LogP contribution in [0.4, 0.5) is 13.2 Å². The SMILES string of the molecule is O=C1CC2(CCN(C(=O)c3cc(C(F)(F)F)ccc3Cl)CC2)CN1. The Bertz CT molecular complexity index is 682. The van der Waals surface area contributed by atoms with Gasteiger partial charge in [-0.2, -0.15) is 13.2 Å². The normalized spacial score (nSPS) is 20.3. The van der Waals surface area contributed by atoms with Gasteiger partial charge in [-0.1, -0.05) is 11.6 Å². The van der Waals surface area contributed by atoms with Crippen LogP contribution in [0.2, 0.25) is 5.02 Å². The van der Waals surface area contributed by atoms with Crippen molar-refractivity contribution in [2.45, 2.75) is 25.4 Å². The van der Waals surface area contributed by atoms with Crippen molar-refractivity contribution < 1.29 is 22.8 Å². The van der Waals surface area contributed by atoms with Crippen molar-refractivity contribution >= 4 is 23.4 Å². The molecule has 0 atom stereocenters. The monoisotopic (exact) mass is 360 g/mol. The van der Waals surface area contributed by atoms with Crippen LogP contribution in [0.15, 0.2) is 18.2 Å². The minimum Gasteiger partial charge on any atom is -0.356 e. The quantitative estimate of drug-likeness (QED) is 0.836. The van der Waals surface area contributed by atoms with E-state index in [-0.39, 0.29) is 21.9 Å². The molecule has 0 radical (unpaired) electrons. The van der Waals surface area contributed by atoms with Gasteiger partial charge in [0.2, 0.25) is 5.91 Å². The summed E-state index contributed by atoms with van der Waals surface area (Å²) >= 11 is 5.93. The van der Waals surface area contributed by atoms with Crippen molar-refractivity contribution in [3.63, 3.8) is 0 Å². The number of nitrogens with one attached hydrogen (secondary N) is 1. The fourth-order valence-electron chi connectivity index (χ4n) is 3.33. The molecule has 1 aromatic carbocycles. The number of carbonyl (C=O) groups is 2. The van der Waals surface area contributed by atoms with Gasteiger partial charge in [0, 0.05) is 26.1 Å². The molecule has 0 unspecified atom stereocenters. The molecule has 1 aromatic rings. The molecule has 1 spiro atoms. The zero-order valence-electron chi connectivity index (χ0n) is 12.8. The summed E-state index contributed by atoms with van der Waals surface area (Å²) in [5.74, 6) is -0.492. The summed E-state index contributed by atoms with van der Waals surface area (Å²) in [7, 11) is 0. The number of amides is 2. The molecular formula is C16H16ClF3N2O2. The van der Waals surface area contributed by atoms with Crippen LogP contribution in [0.25, 0.3) is 0 Å². The number of likely N-dealkylation sites (tertiary alicyclic amines) is 1. The average molecular weight is 361 g/mol. The van der Waals surface area contributed by atoms with Gasteiger partial charge >= 0.3 is 6.18 Å². The standard InChI is InChI=1S/C16H16ClF3N2O2/c17-12-2-1-10(16(18,19)20)7-11(12)14(24)22-5-3-15(4-6-22)8-13(23)21-9-15/h1-2,7H,3-6,8-9H2,(H,21,23). The van der Waals surface area contributed by atoms with Gasteiger partial charge in [-0.15, -0.1) is 0 Å². The molecule has 0 bridgehead atoms. The van der Waals surface area contributed by atoms with E-state index in [2.05, 4.69) is 5.32 Å². The molecule has 0 saturated carbocycles. The summed E-state index contributed by atoms with van der Waals surface area (Å²) < 4.78 is 38.5. The van der Waals surface area contributed by atoms with Crippen LogP contribution in [-0.4, -0.2) is 36.3 Å². The van der Waals surface area contributed by atoms with Crippen molar-refractivity contribution in [3.8, 4) is 0 Å². The first-order valence-electron chi connectivity index (χ1n) is 7.63. The first kappa shape index (κ1) is 17.1. The van der Waals surface area contributed by atoms with E-state index in [1.165, 1.54) is 4.90 Å². The Balaban J connectivity index is 1.75. The zero-order valence-corrected chi connectivity index (χ0v) is 13.5. The van der Waals surface area contributed by atoms with Crippen molar-refractivity contribution in [2.24, 2.45) is 5.41 Å². The second-order valence-corrected chi connectivity index (χ2v) is 6.85. The maximum atomic E-state index is 12.8. The fraction of sp³-hybridized carbons (Fsp3) is 0.500. The van der Waals surface area contributed by atoms with Gasteiger partial charge in [-0.05, 0) is 36.5 Å². The molecule has 4 nitrogen and oxygen atoms in total. The zero-order chi connectivity index (χ0) is 17.5. The van der Waals surface area contributed by atoms with Crippen molar-refractivity contribution in [1.82, 2.24) is 10.2 Å². The van der Waals surface area contributed by atoms with E-state index < -0.39 is 17.6 Å². The van der Waals surface area contributed by atoms with Gasteiger partial charge in [0.1, 0.15) is 0 Å².